The van der Waals surface area contributed by atoms with Crippen LogP contribution in [0.5, 0.6) is 0 Å². The number of aryl methyl sites for hydroxylation is 2. The van der Waals surface area contributed by atoms with Crippen LogP contribution in [0.15, 0.2) is 27.9 Å². The van der Waals surface area contributed by atoms with Crippen LogP contribution in [-0.2, 0) is 23.4 Å². The highest BCUT2D eigenvalue weighted by Gasteiger charge is 2.12. The number of hydrogen-bond acceptors (Lipinski definition) is 7. The van der Waals surface area contributed by atoms with Gasteiger partial charge in [0.25, 0.3) is 0 Å². The van der Waals surface area contributed by atoms with Crippen molar-refractivity contribution >= 4 is 35.0 Å². The van der Waals surface area contributed by atoms with Crippen LogP contribution in [0.4, 0.5) is 10.1 Å². The van der Waals surface area contributed by atoms with Crippen LogP contribution in [0.1, 0.15) is 30.9 Å². The minimum atomic E-state index is -0.592. The second kappa shape index (κ2) is 8.96. The van der Waals surface area contributed by atoms with Crippen molar-refractivity contribution in [2.45, 2.75) is 37.1 Å². The van der Waals surface area contributed by atoms with Crippen molar-refractivity contribution in [3.05, 3.63) is 46.6 Å². The number of carbonyl (C=O) groups excluding carboxylic acids is 1. The normalized spacial score (nSPS) is 10.9. The second-order valence-corrected chi connectivity index (χ2v) is 6.86. The summed E-state index contributed by atoms with van der Waals surface area (Å²) in [6, 6.07) is 4.04. The Morgan fingerprint density at radius 3 is 3.00 bits per heavy atom. The molecule has 3 rings (SSSR count). The Kier molecular flexibility index (Phi) is 6.40. The van der Waals surface area contributed by atoms with Crippen LogP contribution < -0.4 is 5.32 Å². The smallest absolute Gasteiger partial charge is 0.227 e. The molecular formula is C16H16ClFN6O2S. The Balaban J connectivity index is 1.46. The Morgan fingerprint density at radius 1 is 1.41 bits per heavy atom. The molecule has 0 unspecified atom stereocenters. The molecule has 2 aromatic heterocycles. The van der Waals surface area contributed by atoms with Gasteiger partial charge in [-0.2, -0.15) is 4.98 Å². The van der Waals surface area contributed by atoms with E-state index in [2.05, 4.69) is 30.6 Å². The molecule has 3 aromatic rings. The fraction of sp³-hybridized carbons (Fsp3) is 0.312. The molecule has 1 aromatic carbocycles. The number of amides is 1. The maximum absolute atomic E-state index is 13.7. The molecule has 8 nitrogen and oxygen atoms in total. The summed E-state index contributed by atoms with van der Waals surface area (Å²) in [7, 11) is 0. The summed E-state index contributed by atoms with van der Waals surface area (Å²) in [6.07, 6.45) is 1.11. The van der Waals surface area contributed by atoms with Crippen molar-refractivity contribution in [2.24, 2.45) is 0 Å². The summed E-state index contributed by atoms with van der Waals surface area (Å²) in [5.41, 5.74) is 0.0740. The number of aromatic nitrogens is 5. The van der Waals surface area contributed by atoms with Crippen LogP contribution in [0.3, 0.4) is 0 Å². The first-order valence-corrected chi connectivity index (χ1v) is 9.50. The quantitative estimate of drug-likeness (QED) is 0.547. The van der Waals surface area contributed by atoms with Gasteiger partial charge in [0.05, 0.1) is 11.4 Å². The maximum Gasteiger partial charge on any atom is 0.227 e. The zero-order valence-electron chi connectivity index (χ0n) is 14.3. The van der Waals surface area contributed by atoms with Crippen molar-refractivity contribution in [1.82, 2.24) is 25.3 Å². The van der Waals surface area contributed by atoms with E-state index in [1.165, 1.54) is 23.9 Å². The van der Waals surface area contributed by atoms with E-state index >= 15 is 0 Å². The molecule has 0 saturated carbocycles. The molecule has 142 valence electrons. The molecule has 0 aliphatic heterocycles. The lowest BCUT2D eigenvalue weighted by molar-refractivity contribution is -0.116. The molecule has 0 saturated heterocycles. The zero-order valence-corrected chi connectivity index (χ0v) is 15.9. The molecule has 0 bridgehead atoms. The van der Waals surface area contributed by atoms with Gasteiger partial charge in [0.1, 0.15) is 11.6 Å². The standard InChI is InChI=1S/C16H16ClFN6O2S/c1-2-12-21-16(23-22-12)27-8-13-20-15(26-24-13)6-5-14(25)19-11-4-3-9(17)7-10(11)18/h3-4,7H,2,5-6,8H2,1H3,(H,19,25)(H,21,22,23). The second-order valence-electron chi connectivity index (χ2n) is 5.48. The van der Waals surface area contributed by atoms with E-state index in [-0.39, 0.29) is 29.5 Å². The number of nitrogens with one attached hydrogen (secondary N) is 2. The third kappa shape index (κ3) is 5.51. The van der Waals surface area contributed by atoms with E-state index in [0.717, 1.165) is 18.3 Å². The molecule has 2 N–H and O–H groups in total. The SMILES string of the molecule is CCc1nc(SCc2noc(CCC(=O)Nc3ccc(Cl)cc3F)n2)n[nH]1. The van der Waals surface area contributed by atoms with E-state index in [1.807, 2.05) is 6.92 Å². The molecule has 2 heterocycles. The first-order chi connectivity index (χ1) is 13.0. The summed E-state index contributed by atoms with van der Waals surface area (Å²) in [5.74, 6) is 1.13. The van der Waals surface area contributed by atoms with Crippen molar-refractivity contribution in [3.63, 3.8) is 0 Å². The highest BCUT2D eigenvalue weighted by molar-refractivity contribution is 7.98. The number of H-pyrrole nitrogens is 1. The summed E-state index contributed by atoms with van der Waals surface area (Å²) in [6.45, 7) is 1.98. The predicted octanol–water partition coefficient (Wildman–Crippen LogP) is 3.41. The minimum absolute atomic E-state index is 0.0740. The summed E-state index contributed by atoms with van der Waals surface area (Å²) in [4.78, 5) is 20.5. The van der Waals surface area contributed by atoms with Gasteiger partial charge in [-0.25, -0.2) is 9.37 Å². The van der Waals surface area contributed by atoms with Crippen molar-refractivity contribution in [3.8, 4) is 0 Å². The number of hydrogen-bond donors (Lipinski definition) is 2. The molecule has 0 spiro atoms. The average Bonchev–Trinajstić information content (AvgIpc) is 3.29. The van der Waals surface area contributed by atoms with Crippen LogP contribution in [-0.4, -0.2) is 31.2 Å². The molecule has 0 radical (unpaired) electrons. The van der Waals surface area contributed by atoms with Gasteiger partial charge in [0.15, 0.2) is 5.82 Å². The molecule has 0 atom stereocenters. The molecule has 27 heavy (non-hydrogen) atoms. The number of nitrogens with zero attached hydrogens (tertiary/aromatic N) is 4. The summed E-state index contributed by atoms with van der Waals surface area (Å²) < 4.78 is 18.8. The van der Waals surface area contributed by atoms with E-state index in [0.29, 0.717) is 22.6 Å². The number of aromatic amines is 1. The topological polar surface area (TPSA) is 110 Å². The lowest BCUT2D eigenvalue weighted by atomic mass is 10.2. The van der Waals surface area contributed by atoms with E-state index in [9.17, 15) is 9.18 Å². The average molecular weight is 411 g/mol. The largest absolute Gasteiger partial charge is 0.339 e. The molecule has 11 heteroatoms. The molecule has 0 fully saturated rings. The van der Waals surface area contributed by atoms with Gasteiger partial charge in [0, 0.05) is 24.3 Å². The molecule has 1 amide bonds. The van der Waals surface area contributed by atoms with E-state index in [4.69, 9.17) is 16.1 Å². The van der Waals surface area contributed by atoms with Crippen molar-refractivity contribution < 1.29 is 13.7 Å². The van der Waals surface area contributed by atoms with Gasteiger partial charge in [-0.05, 0) is 18.2 Å². The van der Waals surface area contributed by atoms with E-state index < -0.39 is 5.82 Å². The zero-order chi connectivity index (χ0) is 19.2. The van der Waals surface area contributed by atoms with Crippen molar-refractivity contribution in [1.29, 1.82) is 0 Å². The first kappa shape index (κ1) is 19.3. The van der Waals surface area contributed by atoms with Crippen LogP contribution in [0.2, 0.25) is 5.02 Å². The lowest BCUT2D eigenvalue weighted by Crippen LogP contribution is -2.13. The minimum Gasteiger partial charge on any atom is -0.339 e. The highest BCUT2D eigenvalue weighted by atomic mass is 35.5. The summed E-state index contributed by atoms with van der Waals surface area (Å²) in [5, 5.41) is 14.1. The third-order valence-electron chi connectivity index (χ3n) is 3.46. The van der Waals surface area contributed by atoms with E-state index in [1.54, 1.807) is 0 Å². The van der Waals surface area contributed by atoms with Gasteiger partial charge < -0.3 is 9.84 Å². The predicted molar refractivity (Wildman–Crippen MR) is 98.0 cm³/mol. The number of carbonyl (C=O) groups is 1. The van der Waals surface area contributed by atoms with Crippen molar-refractivity contribution in [2.75, 3.05) is 5.32 Å². The molecular weight excluding hydrogens is 395 g/mol. The maximum atomic E-state index is 13.7. The van der Waals surface area contributed by atoms with Gasteiger partial charge in [-0.3, -0.25) is 9.89 Å². The van der Waals surface area contributed by atoms with Gasteiger partial charge >= 0.3 is 0 Å². The van der Waals surface area contributed by atoms with Crippen LogP contribution in [0.25, 0.3) is 0 Å². The monoisotopic (exact) mass is 410 g/mol. The Labute approximate surface area is 163 Å². The number of anilines is 1. The molecule has 0 aliphatic rings. The Hall–Kier alpha value is -2.46. The van der Waals surface area contributed by atoms with Crippen LogP contribution >= 0.6 is 23.4 Å². The van der Waals surface area contributed by atoms with Gasteiger partial charge in [0.2, 0.25) is 17.0 Å². The van der Waals surface area contributed by atoms with Crippen LogP contribution in [0, 0.1) is 5.82 Å². The summed E-state index contributed by atoms with van der Waals surface area (Å²) >= 11 is 7.06. The Bertz CT molecular complexity index is 931. The number of benzene rings is 1. The number of rotatable bonds is 8. The fourth-order valence-electron chi connectivity index (χ4n) is 2.10. The first-order valence-electron chi connectivity index (χ1n) is 8.14. The third-order valence-corrected chi connectivity index (χ3v) is 4.54. The van der Waals surface area contributed by atoms with Gasteiger partial charge in [-0.15, -0.1) is 5.10 Å². The lowest BCUT2D eigenvalue weighted by Gasteiger charge is -2.05. The number of thioether (sulfide) groups is 1. The van der Waals surface area contributed by atoms with Gasteiger partial charge in [-0.1, -0.05) is 35.4 Å². The highest BCUT2D eigenvalue weighted by Crippen LogP contribution is 2.20. The Morgan fingerprint density at radius 2 is 2.26 bits per heavy atom. The number of halogens is 2. The fourth-order valence-corrected chi connectivity index (χ4v) is 2.92. The molecule has 0 aliphatic carbocycles.